The van der Waals surface area contributed by atoms with Gasteiger partial charge in [-0.3, -0.25) is 14.4 Å². The van der Waals surface area contributed by atoms with Crippen LogP contribution in [0.15, 0.2) is 36.1 Å². The highest BCUT2D eigenvalue weighted by Crippen LogP contribution is 2.65. The largest absolute Gasteiger partial charge is 0.514 e. The summed E-state index contributed by atoms with van der Waals surface area (Å²) in [5.41, 5.74) is -2.14. The first-order valence-corrected chi connectivity index (χ1v) is 22.8. The summed E-state index contributed by atoms with van der Waals surface area (Å²) in [6, 6.07) is 3.34. The van der Waals surface area contributed by atoms with Crippen LogP contribution in [-0.4, -0.2) is 76.4 Å². The van der Waals surface area contributed by atoms with E-state index in [2.05, 4.69) is 24.0 Å². The topological polar surface area (TPSA) is 138 Å². The standard InChI is InChI=1S/C49H73NO10/c1-9-10-11-12-13-14-15-16-17-18-19-20-21-22-23-24-36(51)31-35(33-40(52)59-46(2,3)4)44(53)56-38-27-28-49(55)39-32-34-25-26-37(57-45(54)60-47(5,6)7)42-41(34)48(49,43(38)58-42)29-30-50(39)8/h16-17,25-27,35,39,43,55H,9-15,18-24,28-33H2,1-8H3/b17-16-/t35-,39+,43-,48-,49+/m0/s1. The van der Waals surface area contributed by atoms with Gasteiger partial charge >= 0.3 is 18.1 Å². The molecule has 0 aromatic heterocycles. The van der Waals surface area contributed by atoms with Crippen LogP contribution in [-0.2, 0) is 40.4 Å². The Labute approximate surface area is 358 Å². The number of ketones is 1. The van der Waals surface area contributed by atoms with Gasteiger partial charge in [0.05, 0.1) is 23.4 Å². The number of allylic oxidation sites excluding steroid dienone is 2. The van der Waals surface area contributed by atoms with Crippen LogP contribution in [0.5, 0.6) is 11.5 Å². The van der Waals surface area contributed by atoms with Crippen LogP contribution in [0.4, 0.5) is 4.79 Å². The molecule has 2 aliphatic carbocycles. The first-order valence-electron chi connectivity index (χ1n) is 22.8. The maximum absolute atomic E-state index is 14.2. The van der Waals surface area contributed by atoms with Crippen LogP contribution in [0.3, 0.4) is 0 Å². The molecule has 0 amide bonds. The quantitative estimate of drug-likeness (QED) is 0.0393. The molecule has 0 radical (unpaired) electrons. The fourth-order valence-electron chi connectivity index (χ4n) is 9.66. The zero-order valence-corrected chi connectivity index (χ0v) is 37.8. The third-order valence-electron chi connectivity index (χ3n) is 12.5. The second-order valence-electron chi connectivity index (χ2n) is 19.6. The van der Waals surface area contributed by atoms with Crippen molar-refractivity contribution < 1.29 is 48.0 Å². The second-order valence-corrected chi connectivity index (χ2v) is 19.6. The number of esters is 2. The van der Waals surface area contributed by atoms with Crippen LogP contribution in [0, 0.1) is 5.92 Å². The van der Waals surface area contributed by atoms with Crippen molar-refractivity contribution >= 4 is 23.9 Å². The van der Waals surface area contributed by atoms with Gasteiger partial charge in [0.25, 0.3) is 0 Å². The lowest BCUT2D eigenvalue weighted by atomic mass is 9.50. The van der Waals surface area contributed by atoms with Crippen molar-refractivity contribution in [2.75, 3.05) is 13.6 Å². The molecule has 11 nitrogen and oxygen atoms in total. The minimum absolute atomic E-state index is 0.104. The van der Waals surface area contributed by atoms with E-state index in [9.17, 15) is 24.3 Å². The van der Waals surface area contributed by atoms with Crippen LogP contribution in [0.1, 0.15) is 175 Å². The number of hydrogen-bond acceptors (Lipinski definition) is 11. The second kappa shape index (κ2) is 20.4. The highest BCUT2D eigenvalue weighted by atomic mass is 16.7. The van der Waals surface area contributed by atoms with Crippen molar-refractivity contribution in [1.29, 1.82) is 0 Å². The van der Waals surface area contributed by atoms with Gasteiger partial charge in [-0.1, -0.05) is 76.5 Å². The average Bonchev–Trinajstić information content (AvgIpc) is 3.51. The van der Waals surface area contributed by atoms with Crippen LogP contribution < -0.4 is 9.47 Å². The molecule has 1 saturated heterocycles. The highest BCUT2D eigenvalue weighted by molar-refractivity contribution is 5.88. The molecule has 60 heavy (non-hydrogen) atoms. The van der Waals surface area contributed by atoms with Crippen LogP contribution in [0.25, 0.3) is 0 Å². The number of rotatable bonds is 22. The molecular formula is C49H73NO10. The number of Topliss-reactive ketones (excluding diaryl/α,β-unsaturated/α-hetero) is 1. The summed E-state index contributed by atoms with van der Waals surface area (Å²) in [5, 5.41) is 12.7. The average molecular weight is 836 g/mol. The molecule has 5 rings (SSSR count). The van der Waals surface area contributed by atoms with Crippen molar-refractivity contribution in [1.82, 2.24) is 4.90 Å². The van der Waals surface area contributed by atoms with Gasteiger partial charge in [0, 0.05) is 30.9 Å². The predicted octanol–water partition coefficient (Wildman–Crippen LogP) is 10.2. The van der Waals surface area contributed by atoms with Crippen LogP contribution in [0.2, 0.25) is 0 Å². The molecule has 1 aromatic carbocycles. The Bertz CT molecular complexity index is 1740. The number of ether oxygens (including phenoxy) is 5. The molecule has 11 heteroatoms. The number of benzene rings is 1. The molecule has 2 aliphatic heterocycles. The zero-order chi connectivity index (χ0) is 43.7. The maximum atomic E-state index is 14.2. The molecule has 334 valence electrons. The van der Waals surface area contributed by atoms with E-state index in [-0.39, 0.29) is 42.6 Å². The predicted molar refractivity (Wildman–Crippen MR) is 231 cm³/mol. The third kappa shape index (κ3) is 11.6. The summed E-state index contributed by atoms with van der Waals surface area (Å²) < 4.78 is 29.6. The van der Waals surface area contributed by atoms with E-state index in [1.165, 1.54) is 38.5 Å². The van der Waals surface area contributed by atoms with Crippen molar-refractivity contribution in [2.45, 2.75) is 205 Å². The molecule has 0 unspecified atom stereocenters. The molecule has 1 N–H and O–H groups in total. The lowest BCUT2D eigenvalue weighted by Crippen LogP contribution is -2.74. The van der Waals surface area contributed by atoms with Crippen molar-refractivity contribution in [2.24, 2.45) is 5.92 Å². The van der Waals surface area contributed by atoms with E-state index in [0.717, 1.165) is 49.7 Å². The fourth-order valence-corrected chi connectivity index (χ4v) is 9.66. The summed E-state index contributed by atoms with van der Waals surface area (Å²) in [5.74, 6) is -1.82. The number of likely N-dealkylation sites (N-methyl/N-ethyl adjacent to an activating group) is 1. The number of carbonyl (C=O) groups is 4. The Morgan fingerprint density at radius 1 is 0.867 bits per heavy atom. The first-order chi connectivity index (χ1) is 28.4. The molecular weight excluding hydrogens is 763 g/mol. The maximum Gasteiger partial charge on any atom is 0.514 e. The molecule has 2 heterocycles. The lowest BCUT2D eigenvalue weighted by Gasteiger charge is -2.61. The lowest BCUT2D eigenvalue weighted by molar-refractivity contribution is -0.172. The Balaban J connectivity index is 1.23. The molecule has 1 fully saturated rings. The summed E-state index contributed by atoms with van der Waals surface area (Å²) in [7, 11) is 2.00. The van der Waals surface area contributed by atoms with Gasteiger partial charge in [0.15, 0.2) is 17.6 Å². The van der Waals surface area contributed by atoms with Crippen molar-refractivity contribution in [3.63, 3.8) is 0 Å². The number of hydrogen-bond donors (Lipinski definition) is 1. The van der Waals surface area contributed by atoms with Gasteiger partial charge < -0.3 is 33.7 Å². The Kier molecular flexibility index (Phi) is 16.1. The zero-order valence-electron chi connectivity index (χ0n) is 37.8. The number of carbonyl (C=O) groups excluding carboxylic acids is 4. The summed E-state index contributed by atoms with van der Waals surface area (Å²) >= 11 is 0. The Morgan fingerprint density at radius 3 is 2.15 bits per heavy atom. The van der Waals surface area contributed by atoms with E-state index < -0.39 is 52.3 Å². The van der Waals surface area contributed by atoms with Crippen molar-refractivity contribution in [3.8, 4) is 11.5 Å². The van der Waals surface area contributed by atoms with E-state index in [1.54, 1.807) is 53.7 Å². The number of piperidine rings is 1. The molecule has 2 bridgehead atoms. The van der Waals surface area contributed by atoms with Gasteiger partial charge in [-0.15, -0.1) is 0 Å². The molecule has 4 aliphatic rings. The Morgan fingerprint density at radius 2 is 1.50 bits per heavy atom. The third-order valence-corrected chi connectivity index (χ3v) is 12.5. The van der Waals surface area contributed by atoms with E-state index in [4.69, 9.17) is 23.7 Å². The normalized spacial score (nSPS) is 23.6. The number of unbranched alkanes of at least 4 members (excludes halogenated alkanes) is 11. The number of aliphatic hydroxyl groups is 1. The molecule has 5 atom stereocenters. The smallest absolute Gasteiger partial charge is 0.477 e. The van der Waals surface area contributed by atoms with Crippen LogP contribution >= 0.6 is 0 Å². The van der Waals surface area contributed by atoms with Gasteiger partial charge in [-0.2, -0.15) is 0 Å². The minimum Gasteiger partial charge on any atom is -0.477 e. The van der Waals surface area contributed by atoms with E-state index in [0.29, 0.717) is 38.0 Å². The SMILES string of the molecule is CCCCCCCC/C=C\CCCCCCCC(=O)C[C@@H](CC(=O)OC(C)(C)C)C(=O)OC1=CC[C@@]2(O)[C@H]3Cc4ccc(OC(=O)OC(C)(C)C)c5c4[C@@]2(CCN3C)[C@H]1O5. The number of nitrogens with zero attached hydrogens (tertiary/aromatic N) is 1. The fraction of sp³-hybridized carbons (Fsp3) is 0.714. The highest BCUT2D eigenvalue weighted by Gasteiger charge is 2.72. The van der Waals surface area contributed by atoms with Gasteiger partial charge in [0.1, 0.15) is 22.7 Å². The van der Waals surface area contributed by atoms with E-state index in [1.807, 2.05) is 13.1 Å². The summed E-state index contributed by atoms with van der Waals surface area (Å²) in [6.07, 6.45) is 20.6. The molecule has 1 spiro atoms. The van der Waals surface area contributed by atoms with E-state index >= 15 is 0 Å². The Hall–Kier alpha value is -3.70. The van der Waals surface area contributed by atoms with Gasteiger partial charge in [-0.05, 0) is 118 Å². The van der Waals surface area contributed by atoms with Gasteiger partial charge in [-0.25, -0.2) is 4.79 Å². The minimum atomic E-state index is -1.28. The first kappa shape index (κ1) is 47.4. The number of likely N-dealkylation sites (tertiary alicyclic amines) is 1. The monoisotopic (exact) mass is 836 g/mol. The summed E-state index contributed by atoms with van der Waals surface area (Å²) in [6.45, 7) is 13.4. The summed E-state index contributed by atoms with van der Waals surface area (Å²) in [4.78, 5) is 55.7. The van der Waals surface area contributed by atoms with Crippen molar-refractivity contribution in [3.05, 3.63) is 47.2 Å². The molecule has 0 saturated carbocycles. The molecule has 1 aromatic rings. The van der Waals surface area contributed by atoms with Gasteiger partial charge in [0.2, 0.25) is 0 Å².